The average molecular weight is 257 g/mol. The van der Waals surface area contributed by atoms with E-state index in [1.807, 2.05) is 6.26 Å². The number of hydrogen-bond donors (Lipinski definition) is 1. The summed E-state index contributed by atoms with van der Waals surface area (Å²) in [5.74, 6) is -0.0312. The van der Waals surface area contributed by atoms with Gasteiger partial charge in [0.1, 0.15) is 6.04 Å². The maximum Gasteiger partial charge on any atom is 0.326 e. The molecule has 0 radical (unpaired) electrons. The molecule has 1 aliphatic heterocycles. The Balaban J connectivity index is 2.17. The van der Waals surface area contributed by atoms with Crippen molar-refractivity contribution in [1.82, 2.24) is 4.90 Å². The van der Waals surface area contributed by atoms with Crippen molar-refractivity contribution in [1.29, 1.82) is 0 Å². The zero-order valence-corrected chi connectivity index (χ0v) is 10.9. The largest absolute Gasteiger partial charge is 0.480 e. The molecule has 5 heteroatoms. The smallest absolute Gasteiger partial charge is 0.326 e. The van der Waals surface area contributed by atoms with E-state index < -0.39 is 12.0 Å². The molecule has 17 heavy (non-hydrogen) atoms. The van der Waals surface area contributed by atoms with Gasteiger partial charge in [0.25, 0.3) is 0 Å². The fourth-order valence-electron chi connectivity index (χ4n) is 3.24. The Bertz CT molecular complexity index is 321. The molecule has 0 spiro atoms. The van der Waals surface area contributed by atoms with Gasteiger partial charge in [-0.3, -0.25) is 4.79 Å². The summed E-state index contributed by atoms with van der Waals surface area (Å²) < 4.78 is 0. The minimum atomic E-state index is -0.839. The summed E-state index contributed by atoms with van der Waals surface area (Å²) >= 11 is 1.47. The van der Waals surface area contributed by atoms with Crippen LogP contribution in [0.25, 0.3) is 0 Å². The molecule has 2 rings (SSSR count). The van der Waals surface area contributed by atoms with E-state index in [2.05, 4.69) is 0 Å². The molecule has 1 saturated carbocycles. The Kier molecular flexibility index (Phi) is 3.97. The molecule has 96 valence electrons. The van der Waals surface area contributed by atoms with Crippen molar-refractivity contribution >= 4 is 23.6 Å². The van der Waals surface area contributed by atoms with Crippen LogP contribution in [0, 0.1) is 5.92 Å². The summed E-state index contributed by atoms with van der Waals surface area (Å²) in [6, 6.07) is -0.396. The quantitative estimate of drug-likeness (QED) is 0.834. The van der Waals surface area contributed by atoms with Crippen LogP contribution in [0.15, 0.2) is 0 Å². The lowest BCUT2D eigenvalue weighted by Gasteiger charge is -2.32. The molecular weight excluding hydrogens is 238 g/mol. The lowest BCUT2D eigenvalue weighted by atomic mass is 9.85. The van der Waals surface area contributed by atoms with E-state index in [-0.39, 0.29) is 11.9 Å². The van der Waals surface area contributed by atoms with Gasteiger partial charge in [0.05, 0.1) is 5.75 Å². The van der Waals surface area contributed by atoms with Crippen molar-refractivity contribution in [2.24, 2.45) is 5.92 Å². The molecule has 2 aliphatic rings. The van der Waals surface area contributed by atoms with Crippen molar-refractivity contribution in [3.8, 4) is 0 Å². The molecule has 4 nitrogen and oxygen atoms in total. The number of hydrogen-bond acceptors (Lipinski definition) is 3. The van der Waals surface area contributed by atoms with Crippen LogP contribution in [0.1, 0.15) is 32.1 Å². The summed E-state index contributed by atoms with van der Waals surface area (Å²) in [6.45, 7) is 0. The third-order valence-electron chi connectivity index (χ3n) is 3.93. The number of rotatable bonds is 3. The van der Waals surface area contributed by atoms with E-state index >= 15 is 0 Å². The minimum absolute atomic E-state index is 0.000648. The molecule has 1 saturated heterocycles. The average Bonchev–Trinajstić information content (AvgIpc) is 2.68. The molecule has 2 fully saturated rings. The van der Waals surface area contributed by atoms with E-state index in [1.54, 1.807) is 4.90 Å². The van der Waals surface area contributed by atoms with Crippen LogP contribution in [-0.4, -0.2) is 46.0 Å². The lowest BCUT2D eigenvalue weighted by Crippen LogP contribution is -2.47. The third kappa shape index (κ3) is 2.44. The number of carboxylic acid groups (broad SMARTS) is 1. The van der Waals surface area contributed by atoms with E-state index in [1.165, 1.54) is 18.2 Å². The van der Waals surface area contributed by atoms with Gasteiger partial charge >= 0.3 is 5.97 Å². The molecule has 1 aliphatic carbocycles. The molecule has 1 amide bonds. The Morgan fingerprint density at radius 1 is 1.35 bits per heavy atom. The number of carbonyl (C=O) groups excluding carboxylic acids is 1. The van der Waals surface area contributed by atoms with Gasteiger partial charge in [-0.25, -0.2) is 4.79 Å². The summed E-state index contributed by atoms with van der Waals surface area (Å²) in [5.41, 5.74) is 0. The zero-order chi connectivity index (χ0) is 12.4. The van der Waals surface area contributed by atoms with Crippen molar-refractivity contribution in [3.63, 3.8) is 0 Å². The summed E-state index contributed by atoms with van der Waals surface area (Å²) in [4.78, 5) is 25.0. The van der Waals surface area contributed by atoms with Gasteiger partial charge in [-0.2, -0.15) is 11.8 Å². The highest BCUT2D eigenvalue weighted by atomic mass is 32.2. The second-order valence-electron chi connectivity index (χ2n) is 4.94. The van der Waals surface area contributed by atoms with Crippen molar-refractivity contribution in [2.45, 2.75) is 44.2 Å². The number of nitrogens with zero attached hydrogens (tertiary/aromatic N) is 1. The number of aliphatic carboxylic acids is 1. The number of thioether (sulfide) groups is 1. The number of likely N-dealkylation sites (tertiary alicyclic amines) is 1. The molecule has 3 unspecified atom stereocenters. The third-order valence-corrected chi connectivity index (χ3v) is 4.46. The van der Waals surface area contributed by atoms with Gasteiger partial charge in [0, 0.05) is 6.04 Å². The first-order valence-corrected chi connectivity index (χ1v) is 7.57. The highest BCUT2D eigenvalue weighted by Crippen LogP contribution is 2.39. The molecule has 0 aromatic carbocycles. The predicted molar refractivity (Wildman–Crippen MR) is 67.0 cm³/mol. The fourth-order valence-corrected chi connectivity index (χ4v) is 3.63. The van der Waals surface area contributed by atoms with E-state index in [4.69, 9.17) is 0 Å². The Morgan fingerprint density at radius 3 is 2.71 bits per heavy atom. The van der Waals surface area contributed by atoms with Crippen LogP contribution < -0.4 is 0 Å². The van der Waals surface area contributed by atoms with Gasteiger partial charge in [-0.05, 0) is 31.4 Å². The summed E-state index contributed by atoms with van der Waals surface area (Å²) in [6.07, 6.45) is 6.89. The number of fused-ring (bicyclic) bond motifs is 1. The molecule has 0 bridgehead atoms. The van der Waals surface area contributed by atoms with Crippen molar-refractivity contribution < 1.29 is 14.7 Å². The van der Waals surface area contributed by atoms with Crippen LogP contribution in [0.3, 0.4) is 0 Å². The van der Waals surface area contributed by atoms with E-state index in [0.717, 1.165) is 19.3 Å². The van der Waals surface area contributed by atoms with E-state index in [9.17, 15) is 14.7 Å². The van der Waals surface area contributed by atoms with Gasteiger partial charge < -0.3 is 10.0 Å². The van der Waals surface area contributed by atoms with Crippen molar-refractivity contribution in [3.05, 3.63) is 0 Å². The molecule has 1 N–H and O–H groups in total. The predicted octanol–water partition coefficient (Wildman–Crippen LogP) is 1.59. The molecular formula is C12H19NO3S. The first-order valence-electron chi connectivity index (χ1n) is 6.18. The SMILES string of the molecule is CSCC(=O)N1C(C(=O)O)CC2CCCCC21. The Morgan fingerprint density at radius 2 is 2.06 bits per heavy atom. The molecule has 0 aromatic rings. The summed E-state index contributed by atoms with van der Waals surface area (Å²) in [7, 11) is 0. The number of amides is 1. The number of carboxylic acids is 1. The maximum atomic E-state index is 12.1. The second-order valence-corrected chi connectivity index (χ2v) is 5.80. The molecule has 1 heterocycles. The standard InChI is InChI=1S/C12H19NO3S/c1-17-7-11(14)13-9-5-3-2-4-8(9)6-10(13)12(15)16/h8-10H,2-7H2,1H3,(H,15,16). The van der Waals surface area contributed by atoms with Gasteiger partial charge in [-0.1, -0.05) is 12.8 Å². The highest BCUT2D eigenvalue weighted by molar-refractivity contribution is 7.99. The second kappa shape index (κ2) is 5.29. The number of carbonyl (C=O) groups is 2. The van der Waals surface area contributed by atoms with Gasteiger partial charge in [0.2, 0.25) is 5.91 Å². The normalized spacial score (nSPS) is 32.3. The van der Waals surface area contributed by atoms with Crippen LogP contribution in [0.4, 0.5) is 0 Å². The minimum Gasteiger partial charge on any atom is -0.480 e. The fraction of sp³-hybridized carbons (Fsp3) is 0.833. The first-order chi connectivity index (χ1) is 8.15. The first kappa shape index (κ1) is 12.7. The Labute approximate surface area is 106 Å². The van der Waals surface area contributed by atoms with Crippen LogP contribution >= 0.6 is 11.8 Å². The van der Waals surface area contributed by atoms with Crippen LogP contribution in [0.5, 0.6) is 0 Å². The van der Waals surface area contributed by atoms with E-state index in [0.29, 0.717) is 18.1 Å². The zero-order valence-electron chi connectivity index (χ0n) is 10.1. The summed E-state index contributed by atoms with van der Waals surface area (Å²) in [5, 5.41) is 9.25. The molecule has 0 aromatic heterocycles. The topological polar surface area (TPSA) is 57.6 Å². The monoisotopic (exact) mass is 257 g/mol. The maximum absolute atomic E-state index is 12.1. The van der Waals surface area contributed by atoms with Gasteiger partial charge in [0.15, 0.2) is 0 Å². The van der Waals surface area contributed by atoms with Crippen LogP contribution in [-0.2, 0) is 9.59 Å². The lowest BCUT2D eigenvalue weighted by molar-refractivity contribution is -0.148. The van der Waals surface area contributed by atoms with Crippen molar-refractivity contribution in [2.75, 3.05) is 12.0 Å². The van der Waals surface area contributed by atoms with Crippen LogP contribution in [0.2, 0.25) is 0 Å². The Hall–Kier alpha value is -0.710. The molecule has 3 atom stereocenters. The van der Waals surface area contributed by atoms with Gasteiger partial charge in [-0.15, -0.1) is 0 Å². The highest BCUT2D eigenvalue weighted by Gasteiger charge is 2.47.